The molecule has 0 saturated carbocycles. The third-order valence-electron chi connectivity index (χ3n) is 2.29. The number of amides is 1. The second-order valence-corrected chi connectivity index (χ2v) is 3.72. The summed E-state index contributed by atoms with van der Waals surface area (Å²) >= 11 is 0. The Hall–Kier alpha value is -1.52. The van der Waals surface area contributed by atoms with E-state index in [0.717, 1.165) is 0 Å². The number of benzene rings is 1. The lowest BCUT2D eigenvalue weighted by Gasteiger charge is -2.14. The van der Waals surface area contributed by atoms with Crippen molar-refractivity contribution in [1.82, 2.24) is 0 Å². The number of hydrogen-bond acceptors (Lipinski definition) is 2. The number of carbonyl (C=O) groups excluding carboxylic acids is 1. The molecule has 2 N–H and O–H groups in total. The summed E-state index contributed by atoms with van der Waals surface area (Å²) in [5, 5.41) is 5.69. The van der Waals surface area contributed by atoms with E-state index in [2.05, 4.69) is 10.6 Å². The first kappa shape index (κ1) is 10.0. The third kappa shape index (κ3) is 1.96. The van der Waals surface area contributed by atoms with Gasteiger partial charge in [0.25, 0.3) is 0 Å². The van der Waals surface area contributed by atoms with E-state index in [-0.39, 0.29) is 11.9 Å². The lowest BCUT2D eigenvalue weighted by Crippen LogP contribution is -2.21. The van der Waals surface area contributed by atoms with Crippen molar-refractivity contribution in [2.45, 2.75) is 19.4 Å². The molecule has 3 nitrogen and oxygen atoms in total. The minimum absolute atomic E-state index is 0.0148. The minimum Gasteiger partial charge on any atom is -0.381 e. The van der Waals surface area contributed by atoms with Gasteiger partial charge in [0.05, 0.1) is 11.4 Å². The third-order valence-corrected chi connectivity index (χ3v) is 2.29. The van der Waals surface area contributed by atoms with Crippen LogP contribution in [0.1, 0.15) is 13.3 Å². The maximum Gasteiger partial charge on any atom is 0.226 e. The molecular weight excluding hydrogens is 194 g/mol. The molecule has 0 bridgehead atoms. The number of carbonyl (C=O) groups is 1. The molecule has 5 heteroatoms. The Morgan fingerprint density at radius 3 is 3.00 bits per heavy atom. The van der Waals surface area contributed by atoms with Gasteiger partial charge in [-0.2, -0.15) is 0 Å². The Labute approximate surface area is 88.5 Å². The first-order valence-corrected chi connectivity index (χ1v) is 4.71. The minimum atomic E-state index is -0.456. The fourth-order valence-corrected chi connectivity index (χ4v) is 1.66. The SMILES string of the molecule is [B]c1cc(F)cc2c1N[C@H](C)CC(=O)N2. The molecule has 2 rings (SSSR count). The topological polar surface area (TPSA) is 41.1 Å². The second kappa shape index (κ2) is 3.57. The zero-order valence-electron chi connectivity index (χ0n) is 8.30. The Morgan fingerprint density at radius 1 is 1.53 bits per heavy atom. The van der Waals surface area contributed by atoms with E-state index in [1.54, 1.807) is 0 Å². The molecule has 0 fully saturated rings. The maximum atomic E-state index is 13.1. The molecule has 1 aromatic rings. The highest BCUT2D eigenvalue weighted by molar-refractivity contribution is 6.37. The van der Waals surface area contributed by atoms with Crippen LogP contribution < -0.4 is 16.1 Å². The van der Waals surface area contributed by atoms with Crippen LogP contribution in [0, 0.1) is 5.82 Å². The molecule has 2 radical (unpaired) electrons. The normalized spacial score (nSPS) is 19.9. The van der Waals surface area contributed by atoms with Crippen LogP contribution in [-0.4, -0.2) is 19.8 Å². The quantitative estimate of drug-likeness (QED) is 0.612. The fraction of sp³-hybridized carbons (Fsp3) is 0.300. The van der Waals surface area contributed by atoms with Crippen LogP contribution in [0.2, 0.25) is 0 Å². The van der Waals surface area contributed by atoms with Gasteiger partial charge in [-0.05, 0) is 19.1 Å². The van der Waals surface area contributed by atoms with Crippen molar-refractivity contribution in [1.29, 1.82) is 0 Å². The number of fused-ring (bicyclic) bond motifs is 1. The summed E-state index contributed by atoms with van der Waals surface area (Å²) in [7, 11) is 5.67. The summed E-state index contributed by atoms with van der Waals surface area (Å²) in [4.78, 5) is 11.4. The maximum absolute atomic E-state index is 13.1. The van der Waals surface area contributed by atoms with Crippen LogP contribution in [0.25, 0.3) is 0 Å². The standard InChI is InChI=1S/C10H10BFN2O/c1-5-2-9(15)14-8-4-6(12)3-7(11)10(8)13-5/h3-5,13H,2H2,1H3,(H,14,15)/t5-/m1/s1. The molecule has 0 unspecified atom stereocenters. The predicted octanol–water partition coefficient (Wildman–Crippen LogP) is 0.762. The summed E-state index contributed by atoms with van der Waals surface area (Å²) in [6, 6.07) is 2.48. The van der Waals surface area contributed by atoms with Gasteiger partial charge in [-0.25, -0.2) is 4.39 Å². The van der Waals surface area contributed by atoms with Gasteiger partial charge in [-0.3, -0.25) is 4.79 Å². The average Bonchev–Trinajstić information content (AvgIpc) is 2.22. The van der Waals surface area contributed by atoms with E-state index in [9.17, 15) is 9.18 Å². The fourth-order valence-electron chi connectivity index (χ4n) is 1.66. The van der Waals surface area contributed by atoms with Crippen molar-refractivity contribution in [2.75, 3.05) is 10.6 Å². The molecule has 76 valence electrons. The summed E-state index contributed by atoms with van der Waals surface area (Å²) < 4.78 is 13.1. The van der Waals surface area contributed by atoms with Crippen LogP contribution in [0.3, 0.4) is 0 Å². The van der Waals surface area contributed by atoms with E-state index in [4.69, 9.17) is 7.85 Å². The van der Waals surface area contributed by atoms with Crippen molar-refractivity contribution < 1.29 is 9.18 Å². The molecule has 1 aliphatic heterocycles. The van der Waals surface area contributed by atoms with Crippen LogP contribution in [0.5, 0.6) is 0 Å². The summed E-state index contributed by atoms with van der Waals surface area (Å²) in [6.45, 7) is 1.87. The first-order chi connectivity index (χ1) is 7.06. The van der Waals surface area contributed by atoms with Crippen molar-refractivity contribution in [3.05, 3.63) is 17.9 Å². The van der Waals surface area contributed by atoms with E-state index in [1.165, 1.54) is 12.1 Å². The van der Waals surface area contributed by atoms with Gasteiger partial charge < -0.3 is 10.6 Å². The second-order valence-electron chi connectivity index (χ2n) is 3.72. The zero-order chi connectivity index (χ0) is 11.0. The van der Waals surface area contributed by atoms with Gasteiger partial charge in [0.15, 0.2) is 0 Å². The molecule has 1 heterocycles. The molecule has 0 spiro atoms. The summed E-state index contributed by atoms with van der Waals surface area (Å²) in [5.41, 5.74) is 1.30. The van der Waals surface area contributed by atoms with Crippen LogP contribution in [-0.2, 0) is 4.79 Å². The van der Waals surface area contributed by atoms with Gasteiger partial charge in [-0.1, -0.05) is 5.46 Å². The Kier molecular flexibility index (Phi) is 2.38. The average molecular weight is 204 g/mol. The number of hydrogen-bond donors (Lipinski definition) is 2. The smallest absolute Gasteiger partial charge is 0.226 e. The van der Waals surface area contributed by atoms with Gasteiger partial charge >= 0.3 is 0 Å². The monoisotopic (exact) mass is 204 g/mol. The Morgan fingerprint density at radius 2 is 2.27 bits per heavy atom. The van der Waals surface area contributed by atoms with E-state index >= 15 is 0 Å². The van der Waals surface area contributed by atoms with E-state index in [0.29, 0.717) is 23.3 Å². The molecule has 1 atom stereocenters. The van der Waals surface area contributed by atoms with Crippen molar-refractivity contribution in [2.24, 2.45) is 0 Å². The van der Waals surface area contributed by atoms with Crippen LogP contribution in [0.15, 0.2) is 12.1 Å². The summed E-state index contributed by atoms with van der Waals surface area (Å²) in [6.07, 6.45) is 0.343. The van der Waals surface area contributed by atoms with Crippen molar-refractivity contribution in [3.63, 3.8) is 0 Å². The van der Waals surface area contributed by atoms with Gasteiger partial charge in [0, 0.05) is 12.5 Å². The van der Waals surface area contributed by atoms with Crippen LogP contribution in [0.4, 0.5) is 15.8 Å². The van der Waals surface area contributed by atoms with Gasteiger partial charge in [0.1, 0.15) is 13.7 Å². The number of halogens is 1. The van der Waals surface area contributed by atoms with Gasteiger partial charge in [-0.15, -0.1) is 0 Å². The van der Waals surface area contributed by atoms with Crippen molar-refractivity contribution >= 4 is 30.6 Å². The molecule has 1 amide bonds. The molecule has 15 heavy (non-hydrogen) atoms. The molecule has 0 aliphatic carbocycles. The number of rotatable bonds is 0. The molecular formula is C10H10BFN2O. The van der Waals surface area contributed by atoms with Crippen LogP contribution >= 0.6 is 0 Å². The van der Waals surface area contributed by atoms with Gasteiger partial charge in [0.2, 0.25) is 5.91 Å². The number of anilines is 2. The highest BCUT2D eigenvalue weighted by Gasteiger charge is 2.19. The lowest BCUT2D eigenvalue weighted by molar-refractivity contribution is -0.116. The zero-order valence-corrected chi connectivity index (χ0v) is 8.30. The first-order valence-electron chi connectivity index (χ1n) is 4.71. The largest absolute Gasteiger partial charge is 0.381 e. The Balaban J connectivity index is 2.50. The molecule has 0 saturated heterocycles. The Bertz CT molecular complexity index is 422. The van der Waals surface area contributed by atoms with E-state index < -0.39 is 5.82 Å². The number of nitrogens with one attached hydrogen (secondary N) is 2. The molecule has 0 aromatic heterocycles. The van der Waals surface area contributed by atoms with E-state index in [1.807, 2.05) is 6.92 Å². The van der Waals surface area contributed by atoms with Crippen molar-refractivity contribution in [3.8, 4) is 0 Å². The lowest BCUT2D eigenvalue weighted by atomic mass is 9.92. The highest BCUT2D eigenvalue weighted by Crippen LogP contribution is 2.24. The molecule has 1 aliphatic rings. The predicted molar refractivity (Wildman–Crippen MR) is 58.1 cm³/mol. The molecule has 1 aromatic carbocycles. The summed E-state index contributed by atoms with van der Waals surface area (Å²) in [5.74, 6) is -0.596. The highest BCUT2D eigenvalue weighted by atomic mass is 19.1.